The summed E-state index contributed by atoms with van der Waals surface area (Å²) in [4.78, 5) is 0. The van der Waals surface area contributed by atoms with E-state index in [-0.39, 0.29) is 6.61 Å². The van der Waals surface area contributed by atoms with E-state index in [1.807, 2.05) is 25.6 Å². The molecule has 0 radical (unpaired) electrons. The van der Waals surface area contributed by atoms with Crippen molar-refractivity contribution in [3.05, 3.63) is 0 Å². The van der Waals surface area contributed by atoms with Gasteiger partial charge in [0.05, 0.1) is 6.07 Å². The number of nitrogens with zero attached hydrogens (tertiary/aromatic N) is 1. The molecule has 2 unspecified atom stereocenters. The van der Waals surface area contributed by atoms with Gasteiger partial charge < -0.3 is 5.11 Å². The van der Waals surface area contributed by atoms with Gasteiger partial charge in [-0.25, -0.2) is 0 Å². The van der Waals surface area contributed by atoms with E-state index in [4.69, 9.17) is 10.4 Å². The molecule has 0 fully saturated rings. The third kappa shape index (κ3) is 8.48. The Morgan fingerprint density at radius 2 is 2.06 bits per heavy atom. The predicted molar refractivity (Wildman–Crippen MR) is 75.1 cm³/mol. The molecule has 0 heterocycles. The van der Waals surface area contributed by atoms with Gasteiger partial charge in [-0.05, 0) is 51.0 Å². The number of hydrogen-bond donors (Lipinski definition) is 2. The van der Waals surface area contributed by atoms with E-state index >= 15 is 0 Å². The zero-order chi connectivity index (χ0) is 13.3. The third-order valence-corrected chi connectivity index (χ3v) is 3.92. The lowest BCUT2D eigenvalue weighted by atomic mass is 9.97. The van der Waals surface area contributed by atoms with Crippen molar-refractivity contribution in [2.75, 3.05) is 18.1 Å². The maximum atomic E-state index is 9.16. The van der Waals surface area contributed by atoms with E-state index in [0.29, 0.717) is 12.0 Å². The first-order chi connectivity index (χ1) is 7.93. The highest BCUT2D eigenvalue weighted by atomic mass is 32.2. The van der Waals surface area contributed by atoms with Gasteiger partial charge in [0.15, 0.2) is 0 Å². The van der Waals surface area contributed by atoms with Crippen LogP contribution in [0.4, 0.5) is 0 Å². The van der Waals surface area contributed by atoms with E-state index in [1.54, 1.807) is 0 Å². The molecule has 100 valence electrons. The van der Waals surface area contributed by atoms with Gasteiger partial charge in [0, 0.05) is 12.6 Å². The van der Waals surface area contributed by atoms with Gasteiger partial charge in [-0.3, -0.25) is 5.32 Å². The Hall–Kier alpha value is -0.240. The fraction of sp³-hybridized carbons (Fsp3) is 0.923. The molecule has 0 saturated carbocycles. The number of hydrogen-bond acceptors (Lipinski definition) is 4. The van der Waals surface area contributed by atoms with Crippen molar-refractivity contribution >= 4 is 11.8 Å². The van der Waals surface area contributed by atoms with Crippen LogP contribution < -0.4 is 5.32 Å². The zero-order valence-corrected chi connectivity index (χ0v) is 12.3. The molecule has 0 bridgehead atoms. The number of thioether (sulfide) groups is 1. The minimum atomic E-state index is -0.405. The van der Waals surface area contributed by atoms with E-state index in [2.05, 4.69) is 25.2 Å². The lowest BCUT2D eigenvalue weighted by Crippen LogP contribution is -2.44. The largest absolute Gasteiger partial charge is 0.396 e. The van der Waals surface area contributed by atoms with Crippen molar-refractivity contribution in [1.82, 2.24) is 5.32 Å². The Morgan fingerprint density at radius 1 is 1.41 bits per heavy atom. The minimum Gasteiger partial charge on any atom is -0.396 e. The highest BCUT2D eigenvalue weighted by molar-refractivity contribution is 7.99. The second-order valence-corrected chi connectivity index (χ2v) is 6.36. The Labute approximate surface area is 110 Å². The average Bonchev–Trinajstić information content (AvgIpc) is 2.27. The molecule has 0 aromatic rings. The maximum Gasteiger partial charge on any atom is 0.104 e. The molecule has 0 saturated heterocycles. The standard InChI is InChI=1S/C13H26N2OS/c1-11(2)15-13(4,10-14)6-5-7-17-9-12(3)8-16/h11-12,15-16H,5-9H2,1-4H3. The summed E-state index contributed by atoms with van der Waals surface area (Å²) in [6, 6.07) is 2.70. The molecule has 0 aliphatic carbocycles. The summed E-state index contributed by atoms with van der Waals surface area (Å²) in [5.74, 6) is 2.43. The van der Waals surface area contributed by atoms with Crippen LogP contribution in [0.5, 0.6) is 0 Å². The molecular formula is C13H26N2OS. The molecule has 2 atom stereocenters. The van der Waals surface area contributed by atoms with Gasteiger partial charge in [-0.2, -0.15) is 17.0 Å². The van der Waals surface area contributed by atoms with Gasteiger partial charge >= 0.3 is 0 Å². The molecule has 0 spiro atoms. The Morgan fingerprint density at radius 3 is 2.53 bits per heavy atom. The normalized spacial score (nSPS) is 16.5. The first-order valence-electron chi connectivity index (χ1n) is 6.31. The van der Waals surface area contributed by atoms with Crippen molar-refractivity contribution in [2.45, 2.75) is 52.1 Å². The Balaban J connectivity index is 3.74. The van der Waals surface area contributed by atoms with Gasteiger partial charge in [0.1, 0.15) is 5.54 Å². The maximum absolute atomic E-state index is 9.16. The molecule has 4 heteroatoms. The van der Waals surface area contributed by atoms with Crippen LogP contribution in [0.1, 0.15) is 40.5 Å². The van der Waals surface area contributed by atoms with Crippen LogP contribution in [0.2, 0.25) is 0 Å². The molecule has 0 aromatic carbocycles. The zero-order valence-electron chi connectivity index (χ0n) is 11.5. The van der Waals surface area contributed by atoms with E-state index in [0.717, 1.165) is 24.3 Å². The summed E-state index contributed by atoms with van der Waals surface area (Å²) in [7, 11) is 0. The van der Waals surface area contributed by atoms with Crippen LogP contribution in [0.25, 0.3) is 0 Å². The topological polar surface area (TPSA) is 56.0 Å². The fourth-order valence-corrected chi connectivity index (χ4v) is 2.69. The number of aliphatic hydroxyl groups is 1. The van der Waals surface area contributed by atoms with Crippen molar-refractivity contribution in [1.29, 1.82) is 5.26 Å². The minimum absolute atomic E-state index is 0.262. The number of nitriles is 1. The fourth-order valence-electron chi connectivity index (χ4n) is 1.66. The molecule has 0 aliphatic rings. The molecular weight excluding hydrogens is 232 g/mol. The molecule has 3 nitrogen and oxygen atoms in total. The summed E-state index contributed by atoms with van der Waals surface area (Å²) in [6.45, 7) is 8.40. The van der Waals surface area contributed by atoms with Crippen molar-refractivity contribution in [3.8, 4) is 6.07 Å². The summed E-state index contributed by atoms with van der Waals surface area (Å²) < 4.78 is 0. The molecule has 0 aromatic heterocycles. The lowest BCUT2D eigenvalue weighted by molar-refractivity contribution is 0.250. The Bertz CT molecular complexity index is 240. The summed E-state index contributed by atoms with van der Waals surface area (Å²) in [6.07, 6.45) is 1.91. The van der Waals surface area contributed by atoms with Gasteiger partial charge in [-0.15, -0.1) is 0 Å². The SMILES string of the molecule is CC(CO)CSCCCC(C)(C#N)NC(C)C. The van der Waals surface area contributed by atoms with Crippen LogP contribution in [0.3, 0.4) is 0 Å². The van der Waals surface area contributed by atoms with E-state index in [9.17, 15) is 0 Å². The van der Waals surface area contributed by atoms with Crippen molar-refractivity contribution < 1.29 is 5.11 Å². The lowest BCUT2D eigenvalue weighted by Gasteiger charge is -2.25. The number of nitrogens with one attached hydrogen (secondary N) is 1. The van der Waals surface area contributed by atoms with Crippen molar-refractivity contribution in [2.24, 2.45) is 5.92 Å². The van der Waals surface area contributed by atoms with Crippen LogP contribution in [-0.2, 0) is 0 Å². The number of rotatable bonds is 9. The molecule has 0 rings (SSSR count). The molecule has 17 heavy (non-hydrogen) atoms. The smallest absolute Gasteiger partial charge is 0.104 e. The summed E-state index contributed by atoms with van der Waals surface area (Å²) in [5, 5.41) is 21.4. The quantitative estimate of drug-likeness (QED) is 0.624. The van der Waals surface area contributed by atoms with Gasteiger partial charge in [0.25, 0.3) is 0 Å². The molecule has 2 N–H and O–H groups in total. The second kappa shape index (κ2) is 8.79. The van der Waals surface area contributed by atoms with Gasteiger partial charge in [0.2, 0.25) is 0 Å². The van der Waals surface area contributed by atoms with Crippen molar-refractivity contribution in [3.63, 3.8) is 0 Å². The summed E-state index contributed by atoms with van der Waals surface area (Å²) >= 11 is 1.86. The van der Waals surface area contributed by atoms with Crippen LogP contribution in [-0.4, -0.2) is 34.8 Å². The number of aliphatic hydroxyl groups excluding tert-OH is 1. The van der Waals surface area contributed by atoms with Gasteiger partial charge in [-0.1, -0.05) is 6.92 Å². The monoisotopic (exact) mass is 258 g/mol. The first-order valence-corrected chi connectivity index (χ1v) is 7.46. The average molecular weight is 258 g/mol. The highest BCUT2D eigenvalue weighted by Crippen LogP contribution is 2.16. The predicted octanol–water partition coefficient (Wildman–Crippen LogP) is 2.41. The second-order valence-electron chi connectivity index (χ2n) is 5.21. The first kappa shape index (κ1) is 16.8. The molecule has 0 amide bonds. The highest BCUT2D eigenvalue weighted by Gasteiger charge is 2.23. The third-order valence-electron chi connectivity index (χ3n) is 2.53. The summed E-state index contributed by atoms with van der Waals surface area (Å²) in [5.41, 5.74) is -0.405. The Kier molecular flexibility index (Phi) is 8.67. The van der Waals surface area contributed by atoms with Crippen LogP contribution >= 0.6 is 11.8 Å². The van der Waals surface area contributed by atoms with Crippen LogP contribution in [0.15, 0.2) is 0 Å². The van der Waals surface area contributed by atoms with Crippen LogP contribution in [0, 0.1) is 17.2 Å². The van der Waals surface area contributed by atoms with E-state index in [1.165, 1.54) is 0 Å². The van der Waals surface area contributed by atoms with E-state index < -0.39 is 5.54 Å². The molecule has 0 aliphatic heterocycles.